The van der Waals surface area contributed by atoms with Crippen LogP contribution in [0.2, 0.25) is 0 Å². The predicted molar refractivity (Wildman–Crippen MR) is 76.3 cm³/mol. The van der Waals surface area contributed by atoms with Gasteiger partial charge in [-0.3, -0.25) is 20.4 Å². The third-order valence-electron chi connectivity index (χ3n) is 3.06. The lowest BCUT2D eigenvalue weighted by Gasteiger charge is -2.17. The van der Waals surface area contributed by atoms with Crippen molar-refractivity contribution >= 4 is 17.9 Å². The molecule has 0 saturated carbocycles. The van der Waals surface area contributed by atoms with Crippen molar-refractivity contribution in [2.24, 2.45) is 0 Å². The zero-order valence-electron chi connectivity index (χ0n) is 11.1. The third kappa shape index (κ3) is 2.79. The van der Waals surface area contributed by atoms with Crippen LogP contribution in [0.1, 0.15) is 16.1 Å². The van der Waals surface area contributed by atoms with Gasteiger partial charge in [-0.25, -0.2) is 0 Å². The van der Waals surface area contributed by atoms with E-state index in [2.05, 4.69) is 15.8 Å². The van der Waals surface area contributed by atoms with Crippen LogP contribution < -0.4 is 15.6 Å². The lowest BCUT2D eigenvalue weighted by atomic mass is 10.1. The molecule has 1 aliphatic rings. The molecule has 6 nitrogen and oxygen atoms in total. The van der Waals surface area contributed by atoms with Crippen LogP contribution in [0.15, 0.2) is 48.2 Å². The summed E-state index contributed by atoms with van der Waals surface area (Å²) in [6.45, 7) is 0.168. The second kappa shape index (κ2) is 5.54. The van der Waals surface area contributed by atoms with Gasteiger partial charge in [0.2, 0.25) is 0 Å². The Balaban J connectivity index is 1.64. The van der Waals surface area contributed by atoms with Gasteiger partial charge in [0.15, 0.2) is 0 Å². The number of nitrogens with one attached hydrogen (secondary N) is 3. The molecule has 1 aromatic carbocycles. The number of carbonyl (C=O) groups is 2. The Morgan fingerprint density at radius 1 is 1.05 bits per heavy atom. The van der Waals surface area contributed by atoms with E-state index in [1.165, 1.54) is 0 Å². The van der Waals surface area contributed by atoms with Gasteiger partial charge in [-0.1, -0.05) is 18.2 Å². The van der Waals surface area contributed by atoms with Crippen molar-refractivity contribution < 1.29 is 14.3 Å². The summed E-state index contributed by atoms with van der Waals surface area (Å²) in [5.74, 6) is -0.0695. The minimum atomic E-state index is -0.411. The topological polar surface area (TPSA) is 83.2 Å². The van der Waals surface area contributed by atoms with Crippen molar-refractivity contribution in [1.29, 1.82) is 0 Å². The van der Waals surface area contributed by atoms with E-state index in [1.54, 1.807) is 24.4 Å². The Bertz CT molecular complexity index is 705. The molecule has 0 aliphatic carbocycles. The molecule has 2 aromatic rings. The van der Waals surface area contributed by atoms with Crippen molar-refractivity contribution in [2.45, 2.75) is 0 Å². The highest BCUT2D eigenvalue weighted by atomic mass is 16.5. The Morgan fingerprint density at radius 3 is 2.67 bits per heavy atom. The van der Waals surface area contributed by atoms with Gasteiger partial charge in [0.25, 0.3) is 11.8 Å². The number of para-hydroxylation sites is 1. The fourth-order valence-electron chi connectivity index (χ4n) is 1.98. The zero-order valence-corrected chi connectivity index (χ0v) is 11.1. The normalized spacial score (nSPS) is 12.7. The summed E-state index contributed by atoms with van der Waals surface area (Å²) in [6, 6.07) is 10.7. The number of aromatic amines is 1. The van der Waals surface area contributed by atoms with E-state index in [0.717, 1.165) is 11.3 Å². The Hall–Kier alpha value is -3.02. The van der Waals surface area contributed by atoms with Crippen LogP contribution in [0.3, 0.4) is 0 Å². The van der Waals surface area contributed by atoms with E-state index in [-0.39, 0.29) is 6.61 Å². The van der Waals surface area contributed by atoms with Crippen molar-refractivity contribution in [2.75, 3.05) is 6.61 Å². The monoisotopic (exact) mass is 283 g/mol. The van der Waals surface area contributed by atoms with Crippen LogP contribution in [0.4, 0.5) is 0 Å². The maximum absolute atomic E-state index is 12.0. The van der Waals surface area contributed by atoms with Gasteiger partial charge >= 0.3 is 0 Å². The number of hydrogen-bond acceptors (Lipinski definition) is 3. The number of carbonyl (C=O) groups excluding carboxylic acids is 2. The minimum absolute atomic E-state index is 0.168. The van der Waals surface area contributed by atoms with Crippen molar-refractivity contribution in [3.63, 3.8) is 0 Å². The molecule has 0 atom stereocenters. The average Bonchev–Trinajstić information content (AvgIpc) is 3.06. The highest BCUT2D eigenvalue weighted by molar-refractivity contribution is 6.01. The fraction of sp³-hybridized carbons (Fsp3) is 0.0667. The van der Waals surface area contributed by atoms with E-state index in [9.17, 15) is 9.59 Å². The smallest absolute Gasteiger partial charge is 0.286 e. The van der Waals surface area contributed by atoms with E-state index in [1.807, 2.05) is 24.3 Å². The number of amides is 2. The van der Waals surface area contributed by atoms with Crippen molar-refractivity contribution in [1.82, 2.24) is 15.8 Å². The maximum Gasteiger partial charge on any atom is 0.286 e. The Kier molecular flexibility index (Phi) is 3.42. The van der Waals surface area contributed by atoms with Crippen LogP contribution in [-0.4, -0.2) is 23.4 Å². The third-order valence-corrected chi connectivity index (χ3v) is 3.06. The summed E-state index contributed by atoms with van der Waals surface area (Å²) in [5.41, 5.74) is 6.36. The average molecular weight is 283 g/mol. The van der Waals surface area contributed by atoms with Gasteiger partial charge in [0.1, 0.15) is 18.1 Å². The second-order valence-electron chi connectivity index (χ2n) is 4.49. The number of aromatic nitrogens is 1. The molecule has 0 fully saturated rings. The molecule has 1 aliphatic heterocycles. The highest BCUT2D eigenvalue weighted by Crippen LogP contribution is 2.25. The largest absolute Gasteiger partial charge is 0.488 e. The zero-order chi connectivity index (χ0) is 14.7. The molecule has 0 saturated heterocycles. The van der Waals surface area contributed by atoms with Crippen LogP contribution in [-0.2, 0) is 4.79 Å². The molecule has 2 heterocycles. The first-order chi connectivity index (χ1) is 10.2. The molecule has 0 radical (unpaired) electrons. The molecule has 1 aromatic heterocycles. The summed E-state index contributed by atoms with van der Waals surface area (Å²) in [7, 11) is 0. The fourth-order valence-corrected chi connectivity index (χ4v) is 1.98. The van der Waals surface area contributed by atoms with Gasteiger partial charge in [-0.15, -0.1) is 0 Å². The number of rotatable bonds is 2. The van der Waals surface area contributed by atoms with E-state index in [0.29, 0.717) is 11.3 Å². The molecule has 3 rings (SSSR count). The van der Waals surface area contributed by atoms with Crippen LogP contribution >= 0.6 is 0 Å². The molecule has 21 heavy (non-hydrogen) atoms. The molecular weight excluding hydrogens is 270 g/mol. The van der Waals surface area contributed by atoms with E-state index >= 15 is 0 Å². The summed E-state index contributed by atoms with van der Waals surface area (Å²) in [4.78, 5) is 26.4. The molecule has 0 spiro atoms. The van der Waals surface area contributed by atoms with Crippen LogP contribution in [0, 0.1) is 0 Å². The molecule has 2 amide bonds. The molecule has 106 valence electrons. The number of benzene rings is 1. The summed E-state index contributed by atoms with van der Waals surface area (Å²) < 4.78 is 5.49. The van der Waals surface area contributed by atoms with Gasteiger partial charge in [0, 0.05) is 11.8 Å². The predicted octanol–water partition coefficient (Wildman–Crippen LogP) is 1.25. The van der Waals surface area contributed by atoms with Crippen molar-refractivity contribution in [3.05, 3.63) is 59.4 Å². The van der Waals surface area contributed by atoms with Gasteiger partial charge in [0.05, 0.1) is 5.57 Å². The first-order valence-electron chi connectivity index (χ1n) is 6.40. The first kappa shape index (κ1) is 13.0. The standard InChI is InChI=1S/C15H13N3O3/c19-14(17-18-15(20)12-5-3-7-16-12)11-8-10-4-1-2-6-13(10)21-9-11/h1-8,16H,9H2,(H,17,19)(H,18,20). The molecule has 0 unspecified atom stereocenters. The molecule has 3 N–H and O–H groups in total. The Morgan fingerprint density at radius 2 is 1.86 bits per heavy atom. The number of ether oxygens (including phenoxy) is 1. The second-order valence-corrected chi connectivity index (χ2v) is 4.49. The van der Waals surface area contributed by atoms with Gasteiger partial charge in [-0.05, 0) is 24.3 Å². The highest BCUT2D eigenvalue weighted by Gasteiger charge is 2.17. The quantitative estimate of drug-likeness (QED) is 0.725. The number of hydrazine groups is 1. The van der Waals surface area contributed by atoms with Crippen LogP contribution in [0.25, 0.3) is 6.08 Å². The minimum Gasteiger partial charge on any atom is -0.488 e. The van der Waals surface area contributed by atoms with Crippen molar-refractivity contribution in [3.8, 4) is 5.75 Å². The van der Waals surface area contributed by atoms with Crippen LogP contribution in [0.5, 0.6) is 5.75 Å². The number of H-pyrrole nitrogens is 1. The molecular formula is C15H13N3O3. The summed E-state index contributed by atoms with van der Waals surface area (Å²) >= 11 is 0. The van der Waals surface area contributed by atoms with E-state index < -0.39 is 11.8 Å². The Labute approximate surface area is 120 Å². The van der Waals surface area contributed by atoms with Gasteiger partial charge < -0.3 is 9.72 Å². The summed E-state index contributed by atoms with van der Waals surface area (Å²) in [5, 5.41) is 0. The van der Waals surface area contributed by atoms with E-state index in [4.69, 9.17) is 4.74 Å². The summed E-state index contributed by atoms with van der Waals surface area (Å²) in [6.07, 6.45) is 3.38. The maximum atomic E-state index is 12.0. The number of hydrogen-bond donors (Lipinski definition) is 3. The molecule has 6 heteroatoms. The lowest BCUT2D eigenvalue weighted by molar-refractivity contribution is -0.118. The molecule has 0 bridgehead atoms. The lowest BCUT2D eigenvalue weighted by Crippen LogP contribution is -2.43. The van der Waals surface area contributed by atoms with Gasteiger partial charge in [-0.2, -0.15) is 0 Å². The SMILES string of the molecule is O=C(NNC(=O)c1ccc[nH]1)C1=Cc2ccccc2OC1. The number of fused-ring (bicyclic) bond motifs is 1. The first-order valence-corrected chi connectivity index (χ1v) is 6.40.